The van der Waals surface area contributed by atoms with E-state index in [-0.39, 0.29) is 11.9 Å². The molecule has 1 amide bonds. The van der Waals surface area contributed by atoms with Crippen LogP contribution >= 0.6 is 11.3 Å². The molecular formula is C13H20N2OS. The van der Waals surface area contributed by atoms with Gasteiger partial charge >= 0.3 is 0 Å². The lowest BCUT2D eigenvalue weighted by molar-refractivity contribution is -0.121. The molecule has 1 atom stereocenters. The first-order valence-corrected chi connectivity index (χ1v) is 7.20. The fraction of sp³-hybridized carbons (Fsp3) is 0.615. The molecule has 0 saturated heterocycles. The van der Waals surface area contributed by atoms with Crippen LogP contribution in [0.15, 0.2) is 17.5 Å². The zero-order valence-electron chi connectivity index (χ0n) is 10.2. The summed E-state index contributed by atoms with van der Waals surface area (Å²) in [6.07, 6.45) is 4.80. The number of nitrogens with one attached hydrogen (secondary N) is 2. The summed E-state index contributed by atoms with van der Waals surface area (Å²) in [5.41, 5.74) is 0. The van der Waals surface area contributed by atoms with Gasteiger partial charge in [0.05, 0.1) is 6.54 Å². The third-order valence-electron chi connectivity index (χ3n) is 3.26. The third kappa shape index (κ3) is 3.82. The van der Waals surface area contributed by atoms with Crippen LogP contribution in [0.25, 0.3) is 0 Å². The van der Waals surface area contributed by atoms with Crippen molar-refractivity contribution in [1.82, 2.24) is 10.6 Å². The van der Waals surface area contributed by atoms with Gasteiger partial charge in [-0.2, -0.15) is 0 Å². The second-order valence-electron chi connectivity index (χ2n) is 4.67. The molecule has 0 aliphatic heterocycles. The second kappa shape index (κ2) is 6.17. The molecule has 0 bridgehead atoms. The number of hydrogen-bond donors (Lipinski definition) is 2. The Hall–Kier alpha value is -0.870. The lowest BCUT2D eigenvalue weighted by Crippen LogP contribution is -2.39. The van der Waals surface area contributed by atoms with Gasteiger partial charge in [-0.05, 0) is 31.2 Å². The lowest BCUT2D eigenvalue weighted by atomic mass is 10.2. The van der Waals surface area contributed by atoms with Crippen molar-refractivity contribution in [2.45, 2.75) is 44.7 Å². The van der Waals surface area contributed by atoms with Gasteiger partial charge < -0.3 is 10.6 Å². The Morgan fingerprint density at radius 2 is 2.29 bits per heavy atom. The molecule has 2 N–H and O–H groups in total. The van der Waals surface area contributed by atoms with Gasteiger partial charge in [0, 0.05) is 17.0 Å². The summed E-state index contributed by atoms with van der Waals surface area (Å²) in [5.74, 6) is 0.125. The van der Waals surface area contributed by atoms with E-state index in [1.807, 2.05) is 6.07 Å². The first-order chi connectivity index (χ1) is 8.25. The number of rotatable bonds is 5. The van der Waals surface area contributed by atoms with E-state index in [1.165, 1.54) is 17.7 Å². The molecule has 1 aliphatic rings. The summed E-state index contributed by atoms with van der Waals surface area (Å²) < 4.78 is 0. The van der Waals surface area contributed by atoms with Crippen molar-refractivity contribution in [2.75, 3.05) is 6.54 Å². The van der Waals surface area contributed by atoms with Crippen molar-refractivity contribution in [2.24, 2.45) is 0 Å². The zero-order chi connectivity index (χ0) is 12.1. The first-order valence-electron chi connectivity index (χ1n) is 6.32. The molecule has 0 unspecified atom stereocenters. The Kier molecular flexibility index (Phi) is 4.57. The van der Waals surface area contributed by atoms with Crippen molar-refractivity contribution in [3.63, 3.8) is 0 Å². The fourth-order valence-corrected chi connectivity index (χ4v) is 2.99. The maximum absolute atomic E-state index is 11.7. The van der Waals surface area contributed by atoms with E-state index in [0.717, 1.165) is 12.8 Å². The number of hydrogen-bond acceptors (Lipinski definition) is 3. The van der Waals surface area contributed by atoms with E-state index in [0.29, 0.717) is 12.6 Å². The molecule has 1 saturated carbocycles. The highest BCUT2D eigenvalue weighted by Gasteiger charge is 2.17. The number of carbonyl (C=O) groups excluding carboxylic acids is 1. The Labute approximate surface area is 107 Å². The second-order valence-corrected chi connectivity index (χ2v) is 5.65. The van der Waals surface area contributed by atoms with E-state index < -0.39 is 0 Å². The van der Waals surface area contributed by atoms with Gasteiger partial charge in [-0.3, -0.25) is 4.79 Å². The summed E-state index contributed by atoms with van der Waals surface area (Å²) in [5, 5.41) is 8.40. The maximum atomic E-state index is 11.7. The standard InChI is InChI=1S/C13H20N2OS/c1-10(12-7-4-8-17-12)14-9-13(16)15-11-5-2-3-6-11/h4,7-8,10-11,14H,2-3,5-6,9H2,1H3,(H,15,16)/t10-/m1/s1. The quantitative estimate of drug-likeness (QED) is 0.845. The van der Waals surface area contributed by atoms with Crippen molar-refractivity contribution >= 4 is 17.2 Å². The van der Waals surface area contributed by atoms with Crippen LogP contribution in [0.2, 0.25) is 0 Å². The van der Waals surface area contributed by atoms with Gasteiger partial charge in [-0.1, -0.05) is 18.9 Å². The van der Waals surface area contributed by atoms with Crippen LogP contribution in [0.1, 0.15) is 43.5 Å². The minimum atomic E-state index is 0.125. The Balaban J connectivity index is 1.68. The molecular weight excluding hydrogens is 232 g/mol. The van der Waals surface area contributed by atoms with Crippen LogP contribution in [0, 0.1) is 0 Å². The minimum Gasteiger partial charge on any atom is -0.352 e. The van der Waals surface area contributed by atoms with Gasteiger partial charge in [0.1, 0.15) is 0 Å². The molecule has 94 valence electrons. The SMILES string of the molecule is C[C@@H](NCC(=O)NC1CCCC1)c1cccs1. The highest BCUT2D eigenvalue weighted by molar-refractivity contribution is 7.10. The average Bonchev–Trinajstić information content (AvgIpc) is 2.97. The Morgan fingerprint density at radius 3 is 2.94 bits per heavy atom. The van der Waals surface area contributed by atoms with Crippen LogP contribution in [-0.2, 0) is 4.79 Å². The lowest BCUT2D eigenvalue weighted by Gasteiger charge is -2.15. The molecule has 0 aromatic carbocycles. The Morgan fingerprint density at radius 1 is 1.53 bits per heavy atom. The van der Waals surface area contributed by atoms with E-state index in [9.17, 15) is 4.79 Å². The number of thiophene rings is 1. The summed E-state index contributed by atoms with van der Waals surface area (Å²) in [6, 6.07) is 4.80. The monoisotopic (exact) mass is 252 g/mol. The van der Waals surface area contributed by atoms with Gasteiger partial charge in [0.2, 0.25) is 5.91 Å². The minimum absolute atomic E-state index is 0.125. The highest BCUT2D eigenvalue weighted by atomic mass is 32.1. The molecule has 2 rings (SSSR count). The molecule has 1 heterocycles. The number of amides is 1. The van der Waals surface area contributed by atoms with Crippen LogP contribution in [0.5, 0.6) is 0 Å². The van der Waals surface area contributed by atoms with Crippen molar-refractivity contribution in [3.8, 4) is 0 Å². The van der Waals surface area contributed by atoms with E-state index in [2.05, 4.69) is 29.0 Å². The smallest absolute Gasteiger partial charge is 0.234 e. The average molecular weight is 252 g/mol. The highest BCUT2D eigenvalue weighted by Crippen LogP contribution is 2.18. The first kappa shape index (κ1) is 12.6. The van der Waals surface area contributed by atoms with Gasteiger partial charge in [-0.15, -0.1) is 11.3 Å². The molecule has 1 fully saturated rings. The topological polar surface area (TPSA) is 41.1 Å². The van der Waals surface area contributed by atoms with Gasteiger partial charge in [0.25, 0.3) is 0 Å². The maximum Gasteiger partial charge on any atom is 0.234 e. The van der Waals surface area contributed by atoms with Crippen molar-refractivity contribution in [1.29, 1.82) is 0 Å². The molecule has 0 spiro atoms. The van der Waals surface area contributed by atoms with Crippen LogP contribution in [-0.4, -0.2) is 18.5 Å². The summed E-state index contributed by atoms with van der Waals surface area (Å²) in [4.78, 5) is 13.0. The normalized spacial score (nSPS) is 18.2. The molecule has 1 aromatic rings. The van der Waals surface area contributed by atoms with Crippen molar-refractivity contribution in [3.05, 3.63) is 22.4 Å². The molecule has 17 heavy (non-hydrogen) atoms. The Bertz CT molecular complexity index is 344. The predicted molar refractivity (Wildman–Crippen MR) is 71.1 cm³/mol. The zero-order valence-corrected chi connectivity index (χ0v) is 11.1. The predicted octanol–water partition coefficient (Wildman–Crippen LogP) is 2.46. The largest absolute Gasteiger partial charge is 0.352 e. The molecule has 3 nitrogen and oxygen atoms in total. The van der Waals surface area contributed by atoms with E-state index >= 15 is 0 Å². The van der Waals surface area contributed by atoms with Crippen LogP contribution in [0.4, 0.5) is 0 Å². The van der Waals surface area contributed by atoms with Gasteiger partial charge in [-0.25, -0.2) is 0 Å². The van der Waals surface area contributed by atoms with E-state index in [1.54, 1.807) is 11.3 Å². The molecule has 0 radical (unpaired) electrons. The molecule has 1 aliphatic carbocycles. The third-order valence-corrected chi connectivity index (χ3v) is 4.31. The van der Waals surface area contributed by atoms with Crippen LogP contribution < -0.4 is 10.6 Å². The van der Waals surface area contributed by atoms with Crippen molar-refractivity contribution < 1.29 is 4.79 Å². The van der Waals surface area contributed by atoms with Gasteiger partial charge in [0.15, 0.2) is 0 Å². The summed E-state index contributed by atoms with van der Waals surface area (Å²) >= 11 is 1.72. The van der Waals surface area contributed by atoms with Crippen LogP contribution in [0.3, 0.4) is 0 Å². The number of carbonyl (C=O) groups is 1. The van der Waals surface area contributed by atoms with E-state index in [4.69, 9.17) is 0 Å². The summed E-state index contributed by atoms with van der Waals surface area (Å²) in [7, 11) is 0. The summed E-state index contributed by atoms with van der Waals surface area (Å²) in [6.45, 7) is 2.50. The molecule has 4 heteroatoms. The molecule has 1 aromatic heterocycles. The fourth-order valence-electron chi connectivity index (χ4n) is 2.23.